The molecule has 1 N–H and O–H groups in total. The number of piperidine rings is 1. The molecular weight excluding hydrogens is 448 g/mol. The van der Waals surface area contributed by atoms with Crippen LogP contribution in [0.25, 0.3) is 0 Å². The fourth-order valence-corrected chi connectivity index (χ4v) is 7.25. The Labute approximate surface area is 192 Å². The maximum Gasteiger partial charge on any atom is 0.341 e. The summed E-state index contributed by atoms with van der Waals surface area (Å²) in [5, 5.41) is 3.34. The summed E-state index contributed by atoms with van der Waals surface area (Å²) in [6.45, 7) is 5.12. The van der Waals surface area contributed by atoms with Crippen molar-refractivity contribution >= 4 is 38.2 Å². The highest BCUT2D eigenvalue weighted by molar-refractivity contribution is 7.89. The number of carbonyl (C=O) groups is 2. The first kappa shape index (κ1) is 22.9. The molecule has 1 fully saturated rings. The molecule has 1 aliphatic carbocycles. The number of esters is 1. The SMILES string of the molecule is CCOC(=O)c1c(NC(=O)c2ccc(S(=O)(=O)N3CCCC(C)C3)cc2)sc2c1CCC2. The molecule has 172 valence electrons. The number of benzene rings is 1. The van der Waals surface area contributed by atoms with Gasteiger partial charge < -0.3 is 10.1 Å². The summed E-state index contributed by atoms with van der Waals surface area (Å²) in [7, 11) is -3.58. The smallest absolute Gasteiger partial charge is 0.341 e. The van der Waals surface area contributed by atoms with Crippen LogP contribution in [0.15, 0.2) is 29.2 Å². The van der Waals surface area contributed by atoms with Gasteiger partial charge in [0.15, 0.2) is 0 Å². The summed E-state index contributed by atoms with van der Waals surface area (Å²) in [5.74, 6) is -0.463. The summed E-state index contributed by atoms with van der Waals surface area (Å²) >= 11 is 1.42. The molecule has 1 amide bonds. The van der Waals surface area contributed by atoms with Gasteiger partial charge >= 0.3 is 5.97 Å². The van der Waals surface area contributed by atoms with Crippen LogP contribution in [0.4, 0.5) is 5.00 Å². The summed E-state index contributed by atoms with van der Waals surface area (Å²) in [5.41, 5.74) is 1.76. The van der Waals surface area contributed by atoms with Crippen LogP contribution < -0.4 is 5.32 Å². The maximum atomic E-state index is 12.9. The van der Waals surface area contributed by atoms with Crippen LogP contribution in [0.1, 0.15) is 64.3 Å². The fourth-order valence-electron chi connectivity index (χ4n) is 4.38. The second-order valence-corrected chi connectivity index (χ2v) is 11.4. The van der Waals surface area contributed by atoms with Gasteiger partial charge in [0.05, 0.1) is 17.1 Å². The number of thiophene rings is 1. The largest absolute Gasteiger partial charge is 0.462 e. The van der Waals surface area contributed by atoms with Crippen molar-refractivity contribution < 1.29 is 22.7 Å². The Kier molecular flexibility index (Phi) is 6.69. The van der Waals surface area contributed by atoms with Crippen molar-refractivity contribution in [1.29, 1.82) is 0 Å². The Morgan fingerprint density at radius 2 is 1.94 bits per heavy atom. The number of nitrogens with zero attached hydrogens (tertiary/aromatic N) is 1. The number of ether oxygens (including phenoxy) is 1. The lowest BCUT2D eigenvalue weighted by molar-refractivity contribution is 0.0527. The molecular formula is C23H28N2O5S2. The van der Waals surface area contributed by atoms with Gasteiger partial charge in [-0.15, -0.1) is 11.3 Å². The number of nitrogens with one attached hydrogen (secondary N) is 1. The van der Waals surface area contributed by atoms with Gasteiger partial charge in [0, 0.05) is 23.5 Å². The number of anilines is 1. The van der Waals surface area contributed by atoms with E-state index in [-0.39, 0.29) is 17.4 Å². The van der Waals surface area contributed by atoms with E-state index >= 15 is 0 Å². The van der Waals surface area contributed by atoms with Crippen molar-refractivity contribution in [2.75, 3.05) is 25.0 Å². The Morgan fingerprint density at radius 1 is 1.19 bits per heavy atom. The van der Waals surface area contributed by atoms with E-state index in [0.717, 1.165) is 42.5 Å². The van der Waals surface area contributed by atoms with Crippen LogP contribution in [0, 0.1) is 5.92 Å². The number of amides is 1. The molecule has 2 heterocycles. The van der Waals surface area contributed by atoms with E-state index in [1.54, 1.807) is 6.92 Å². The lowest BCUT2D eigenvalue weighted by Crippen LogP contribution is -2.39. The van der Waals surface area contributed by atoms with Crippen LogP contribution in [-0.2, 0) is 27.6 Å². The number of rotatable bonds is 6. The minimum atomic E-state index is -3.58. The van der Waals surface area contributed by atoms with Crippen LogP contribution in [0.3, 0.4) is 0 Å². The van der Waals surface area contributed by atoms with Crippen LogP contribution >= 0.6 is 11.3 Å². The molecule has 1 unspecified atom stereocenters. The molecule has 1 saturated heterocycles. The van der Waals surface area contributed by atoms with Crippen LogP contribution in [0.2, 0.25) is 0 Å². The van der Waals surface area contributed by atoms with E-state index in [9.17, 15) is 18.0 Å². The number of sulfonamides is 1. The summed E-state index contributed by atoms with van der Waals surface area (Å²) in [6, 6.07) is 5.98. The van der Waals surface area contributed by atoms with Crippen molar-refractivity contribution in [3.8, 4) is 0 Å². The van der Waals surface area contributed by atoms with Crippen molar-refractivity contribution in [3.63, 3.8) is 0 Å². The van der Waals surface area contributed by atoms with Gasteiger partial charge in [0.1, 0.15) is 5.00 Å². The van der Waals surface area contributed by atoms with Gasteiger partial charge in [-0.05, 0) is 74.8 Å². The standard InChI is InChI=1S/C23H28N2O5S2/c1-3-30-23(27)20-18-7-4-8-19(18)31-22(20)24-21(26)16-9-11-17(12-10-16)32(28,29)25-13-5-6-15(2)14-25/h9-12,15H,3-8,13-14H2,1-2H3,(H,24,26). The zero-order valence-electron chi connectivity index (χ0n) is 18.3. The molecule has 1 aromatic carbocycles. The molecule has 1 atom stereocenters. The fraction of sp³-hybridized carbons (Fsp3) is 0.478. The normalized spacial score (nSPS) is 18.9. The molecule has 7 nitrogen and oxygen atoms in total. The van der Waals surface area contributed by atoms with Gasteiger partial charge in [-0.2, -0.15) is 4.31 Å². The highest BCUT2D eigenvalue weighted by Crippen LogP contribution is 2.39. The number of hydrogen-bond acceptors (Lipinski definition) is 6. The van der Waals surface area contributed by atoms with Crippen molar-refractivity contribution in [3.05, 3.63) is 45.8 Å². The first-order valence-corrected chi connectivity index (χ1v) is 13.3. The molecule has 0 saturated carbocycles. The van der Waals surface area contributed by atoms with Crippen molar-refractivity contribution in [2.45, 2.75) is 50.8 Å². The van der Waals surface area contributed by atoms with E-state index in [1.807, 2.05) is 0 Å². The van der Waals surface area contributed by atoms with E-state index in [4.69, 9.17) is 4.74 Å². The molecule has 9 heteroatoms. The molecule has 4 rings (SSSR count). The van der Waals surface area contributed by atoms with Gasteiger partial charge in [0.25, 0.3) is 5.91 Å². The van der Waals surface area contributed by atoms with Gasteiger partial charge in [-0.25, -0.2) is 13.2 Å². The van der Waals surface area contributed by atoms with E-state index < -0.39 is 16.0 Å². The van der Waals surface area contributed by atoms with Crippen molar-refractivity contribution in [2.24, 2.45) is 5.92 Å². The third-order valence-corrected chi connectivity index (χ3v) is 9.09. The Morgan fingerprint density at radius 3 is 2.62 bits per heavy atom. The average molecular weight is 477 g/mol. The average Bonchev–Trinajstić information content (AvgIpc) is 3.34. The van der Waals surface area contributed by atoms with E-state index in [1.165, 1.54) is 39.9 Å². The van der Waals surface area contributed by atoms with Gasteiger partial charge in [-0.1, -0.05) is 6.92 Å². The zero-order chi connectivity index (χ0) is 22.9. The monoisotopic (exact) mass is 476 g/mol. The van der Waals surface area contributed by atoms with Crippen LogP contribution in [-0.4, -0.2) is 44.3 Å². The minimum Gasteiger partial charge on any atom is -0.462 e. The molecule has 0 bridgehead atoms. The molecule has 2 aliphatic rings. The van der Waals surface area contributed by atoms with E-state index in [2.05, 4.69) is 12.2 Å². The number of aryl methyl sites for hydroxylation is 1. The summed E-state index contributed by atoms with van der Waals surface area (Å²) in [4.78, 5) is 26.7. The number of hydrogen-bond donors (Lipinski definition) is 1. The topological polar surface area (TPSA) is 92.8 Å². The van der Waals surface area contributed by atoms with Gasteiger partial charge in [-0.3, -0.25) is 4.79 Å². The predicted molar refractivity (Wildman–Crippen MR) is 124 cm³/mol. The second-order valence-electron chi connectivity index (χ2n) is 8.37. The highest BCUT2D eigenvalue weighted by atomic mass is 32.2. The Bertz CT molecular complexity index is 1120. The van der Waals surface area contributed by atoms with Crippen LogP contribution in [0.5, 0.6) is 0 Å². The summed E-state index contributed by atoms with van der Waals surface area (Å²) < 4.78 is 32.6. The molecule has 0 spiro atoms. The zero-order valence-corrected chi connectivity index (χ0v) is 20.0. The molecule has 0 radical (unpaired) electrons. The third-order valence-electron chi connectivity index (χ3n) is 6.00. The third kappa shape index (κ3) is 4.46. The molecule has 32 heavy (non-hydrogen) atoms. The number of carbonyl (C=O) groups excluding carboxylic acids is 2. The maximum absolute atomic E-state index is 12.9. The second kappa shape index (κ2) is 9.33. The Hall–Kier alpha value is -2.23. The first-order valence-electron chi connectivity index (χ1n) is 11.0. The van der Waals surface area contributed by atoms with Gasteiger partial charge in [0.2, 0.25) is 10.0 Å². The van der Waals surface area contributed by atoms with E-state index in [0.29, 0.717) is 35.1 Å². The predicted octanol–water partition coefficient (Wildman–Crippen LogP) is 4.09. The molecule has 1 aromatic heterocycles. The lowest BCUT2D eigenvalue weighted by Gasteiger charge is -2.30. The highest BCUT2D eigenvalue weighted by Gasteiger charge is 2.30. The lowest BCUT2D eigenvalue weighted by atomic mass is 10.0. The quantitative estimate of drug-likeness (QED) is 0.634. The summed E-state index contributed by atoms with van der Waals surface area (Å²) in [6.07, 6.45) is 4.58. The Balaban J connectivity index is 1.52. The minimum absolute atomic E-state index is 0.186. The van der Waals surface area contributed by atoms with Crippen molar-refractivity contribution in [1.82, 2.24) is 4.31 Å². The number of fused-ring (bicyclic) bond motifs is 1. The molecule has 1 aliphatic heterocycles. The first-order chi connectivity index (χ1) is 15.3. The molecule has 2 aromatic rings.